The van der Waals surface area contributed by atoms with Gasteiger partial charge in [0.2, 0.25) is 0 Å². The Hall–Kier alpha value is -1.88. The van der Waals surface area contributed by atoms with Gasteiger partial charge in [0.05, 0.1) is 24.0 Å². The van der Waals surface area contributed by atoms with Crippen LogP contribution in [0.1, 0.15) is 38.4 Å². The van der Waals surface area contributed by atoms with E-state index in [0.717, 1.165) is 29.9 Å². The number of aliphatic carboxylic acids is 1. The molecule has 1 aromatic carbocycles. The zero-order chi connectivity index (χ0) is 15.5. The molecule has 0 aliphatic carbocycles. The van der Waals surface area contributed by atoms with Gasteiger partial charge in [0.25, 0.3) is 0 Å². The number of benzene rings is 1. The van der Waals surface area contributed by atoms with Crippen molar-refractivity contribution >= 4 is 17.0 Å². The molecule has 1 aromatic heterocycles. The van der Waals surface area contributed by atoms with Crippen LogP contribution in [0.5, 0.6) is 0 Å². The molecular formula is C17H23N3O2. The fourth-order valence-electron chi connectivity index (χ4n) is 3.28. The SMILES string of the molecule is CC1CCCCN1Cc1nc2ccccc2n1CCC(=O)O. The third kappa shape index (κ3) is 3.14. The van der Waals surface area contributed by atoms with Crippen molar-refractivity contribution in [1.82, 2.24) is 14.5 Å². The van der Waals surface area contributed by atoms with Crippen molar-refractivity contribution in [3.8, 4) is 0 Å². The summed E-state index contributed by atoms with van der Waals surface area (Å²) in [7, 11) is 0. The number of nitrogens with zero attached hydrogens (tertiary/aromatic N) is 3. The van der Waals surface area contributed by atoms with Crippen molar-refractivity contribution in [2.45, 2.75) is 51.7 Å². The molecule has 1 unspecified atom stereocenters. The predicted molar refractivity (Wildman–Crippen MR) is 85.7 cm³/mol. The molecule has 0 amide bonds. The van der Waals surface area contributed by atoms with Crippen LogP contribution in [0.4, 0.5) is 0 Å². The fraction of sp³-hybridized carbons (Fsp3) is 0.529. The number of fused-ring (bicyclic) bond motifs is 1. The highest BCUT2D eigenvalue weighted by atomic mass is 16.4. The molecule has 0 saturated carbocycles. The topological polar surface area (TPSA) is 58.4 Å². The first-order valence-electron chi connectivity index (χ1n) is 8.05. The molecule has 1 atom stereocenters. The van der Waals surface area contributed by atoms with Crippen molar-refractivity contribution in [3.05, 3.63) is 30.1 Å². The summed E-state index contributed by atoms with van der Waals surface area (Å²) >= 11 is 0. The number of rotatable bonds is 5. The van der Waals surface area contributed by atoms with E-state index in [9.17, 15) is 4.79 Å². The van der Waals surface area contributed by atoms with Gasteiger partial charge in [0.1, 0.15) is 5.82 Å². The Morgan fingerprint density at radius 1 is 1.36 bits per heavy atom. The normalized spacial score (nSPS) is 19.6. The summed E-state index contributed by atoms with van der Waals surface area (Å²) in [5.41, 5.74) is 1.98. The van der Waals surface area contributed by atoms with Gasteiger partial charge >= 0.3 is 5.97 Å². The highest BCUT2D eigenvalue weighted by molar-refractivity contribution is 5.76. The summed E-state index contributed by atoms with van der Waals surface area (Å²) < 4.78 is 2.07. The maximum atomic E-state index is 10.9. The molecular weight excluding hydrogens is 278 g/mol. The van der Waals surface area contributed by atoms with Crippen LogP contribution in [-0.4, -0.2) is 38.1 Å². The lowest BCUT2D eigenvalue weighted by Gasteiger charge is -2.33. The second kappa shape index (κ2) is 6.48. The fourth-order valence-corrected chi connectivity index (χ4v) is 3.28. The Morgan fingerprint density at radius 2 is 2.18 bits per heavy atom. The molecule has 1 N–H and O–H groups in total. The number of carbonyl (C=O) groups is 1. The Balaban J connectivity index is 1.89. The summed E-state index contributed by atoms with van der Waals surface area (Å²) in [5.74, 6) is 0.214. The highest BCUT2D eigenvalue weighted by Crippen LogP contribution is 2.22. The first-order chi connectivity index (χ1) is 10.6. The van der Waals surface area contributed by atoms with Crippen molar-refractivity contribution in [1.29, 1.82) is 0 Å². The lowest BCUT2D eigenvalue weighted by molar-refractivity contribution is -0.137. The van der Waals surface area contributed by atoms with Gasteiger partial charge in [0.15, 0.2) is 0 Å². The Morgan fingerprint density at radius 3 is 2.95 bits per heavy atom. The number of likely N-dealkylation sites (tertiary alicyclic amines) is 1. The van der Waals surface area contributed by atoms with Crippen molar-refractivity contribution in [2.75, 3.05) is 6.54 Å². The second-order valence-electron chi connectivity index (χ2n) is 6.13. The van der Waals surface area contributed by atoms with E-state index in [1.807, 2.05) is 24.3 Å². The van der Waals surface area contributed by atoms with Crippen LogP contribution in [0.15, 0.2) is 24.3 Å². The monoisotopic (exact) mass is 301 g/mol. The second-order valence-corrected chi connectivity index (χ2v) is 6.13. The number of carboxylic acid groups (broad SMARTS) is 1. The van der Waals surface area contributed by atoms with Crippen molar-refractivity contribution in [2.24, 2.45) is 0 Å². The molecule has 1 aliphatic heterocycles. The third-order valence-corrected chi connectivity index (χ3v) is 4.57. The maximum absolute atomic E-state index is 10.9. The van der Waals surface area contributed by atoms with E-state index in [2.05, 4.69) is 16.4 Å². The standard InChI is InChI=1S/C17H23N3O2/c1-13-6-4-5-10-19(13)12-16-18-14-7-2-3-8-15(14)20(16)11-9-17(21)22/h2-3,7-8,13H,4-6,9-12H2,1H3,(H,21,22). The minimum atomic E-state index is -0.768. The van der Waals surface area contributed by atoms with E-state index >= 15 is 0 Å². The van der Waals surface area contributed by atoms with Crippen LogP contribution in [-0.2, 0) is 17.9 Å². The van der Waals surface area contributed by atoms with Gasteiger partial charge < -0.3 is 9.67 Å². The number of hydrogen-bond acceptors (Lipinski definition) is 3. The Bertz CT molecular complexity index is 665. The van der Waals surface area contributed by atoms with Crippen LogP contribution in [0.25, 0.3) is 11.0 Å². The number of para-hydroxylation sites is 2. The largest absolute Gasteiger partial charge is 0.481 e. The quantitative estimate of drug-likeness (QED) is 0.922. The lowest BCUT2D eigenvalue weighted by atomic mass is 10.0. The molecule has 0 spiro atoms. The van der Waals surface area contributed by atoms with E-state index in [0.29, 0.717) is 12.6 Å². The van der Waals surface area contributed by atoms with Crippen LogP contribution in [0.2, 0.25) is 0 Å². The number of piperidine rings is 1. The molecule has 2 aromatic rings. The summed E-state index contributed by atoms with van der Waals surface area (Å²) in [4.78, 5) is 18.1. The predicted octanol–water partition coefficient (Wildman–Crippen LogP) is 2.89. The van der Waals surface area contributed by atoms with E-state index in [-0.39, 0.29) is 6.42 Å². The van der Waals surface area contributed by atoms with E-state index in [1.54, 1.807) is 0 Å². The lowest BCUT2D eigenvalue weighted by Crippen LogP contribution is -2.37. The van der Waals surface area contributed by atoms with Gasteiger partial charge in [-0.15, -0.1) is 0 Å². The average molecular weight is 301 g/mol. The van der Waals surface area contributed by atoms with Gasteiger partial charge in [0, 0.05) is 12.6 Å². The molecule has 0 radical (unpaired) electrons. The molecule has 1 saturated heterocycles. The van der Waals surface area contributed by atoms with Crippen LogP contribution in [0.3, 0.4) is 0 Å². The highest BCUT2D eigenvalue weighted by Gasteiger charge is 2.21. The summed E-state index contributed by atoms with van der Waals surface area (Å²) in [6, 6.07) is 8.54. The van der Waals surface area contributed by atoms with Gasteiger partial charge in [-0.25, -0.2) is 4.98 Å². The first-order valence-corrected chi connectivity index (χ1v) is 8.05. The van der Waals surface area contributed by atoms with E-state index < -0.39 is 5.97 Å². The molecule has 1 aliphatic rings. The molecule has 5 nitrogen and oxygen atoms in total. The first kappa shape index (κ1) is 15.0. The molecule has 5 heteroatoms. The van der Waals surface area contributed by atoms with Crippen molar-refractivity contribution < 1.29 is 9.90 Å². The van der Waals surface area contributed by atoms with Gasteiger partial charge in [-0.2, -0.15) is 0 Å². The molecule has 118 valence electrons. The molecule has 1 fully saturated rings. The van der Waals surface area contributed by atoms with Gasteiger partial charge in [-0.3, -0.25) is 9.69 Å². The minimum absolute atomic E-state index is 0.128. The van der Waals surface area contributed by atoms with Crippen LogP contribution in [0, 0.1) is 0 Å². The molecule has 22 heavy (non-hydrogen) atoms. The molecule has 0 bridgehead atoms. The average Bonchev–Trinajstić information content (AvgIpc) is 2.85. The number of hydrogen-bond donors (Lipinski definition) is 1. The molecule has 3 rings (SSSR count). The Labute approximate surface area is 130 Å². The van der Waals surface area contributed by atoms with Crippen molar-refractivity contribution in [3.63, 3.8) is 0 Å². The van der Waals surface area contributed by atoms with Gasteiger partial charge in [-0.05, 0) is 38.4 Å². The van der Waals surface area contributed by atoms with E-state index in [4.69, 9.17) is 10.1 Å². The Kier molecular flexibility index (Phi) is 4.43. The maximum Gasteiger partial charge on any atom is 0.305 e. The zero-order valence-corrected chi connectivity index (χ0v) is 13.0. The van der Waals surface area contributed by atoms with Crippen LogP contribution >= 0.6 is 0 Å². The van der Waals surface area contributed by atoms with Crippen LogP contribution < -0.4 is 0 Å². The molecule has 2 heterocycles. The number of carboxylic acids is 1. The minimum Gasteiger partial charge on any atom is -0.481 e. The summed E-state index contributed by atoms with van der Waals surface area (Å²) in [6.45, 7) is 4.65. The number of aromatic nitrogens is 2. The van der Waals surface area contributed by atoms with E-state index in [1.165, 1.54) is 19.3 Å². The summed E-state index contributed by atoms with van der Waals surface area (Å²) in [5, 5.41) is 8.99. The number of imidazole rings is 1. The smallest absolute Gasteiger partial charge is 0.305 e. The zero-order valence-electron chi connectivity index (χ0n) is 13.0. The number of aryl methyl sites for hydroxylation is 1. The third-order valence-electron chi connectivity index (χ3n) is 4.57. The van der Waals surface area contributed by atoms with Gasteiger partial charge in [-0.1, -0.05) is 18.6 Å². The summed E-state index contributed by atoms with van der Waals surface area (Å²) in [6.07, 6.45) is 3.89.